The fourth-order valence-electron chi connectivity index (χ4n) is 5.87. The monoisotopic (exact) mass is 619 g/mol. The van der Waals surface area contributed by atoms with Crippen molar-refractivity contribution in [1.82, 2.24) is 4.90 Å². The summed E-state index contributed by atoms with van der Waals surface area (Å²) in [5.41, 5.74) is 3.53. The van der Waals surface area contributed by atoms with Crippen molar-refractivity contribution in [3.63, 3.8) is 0 Å². The van der Waals surface area contributed by atoms with Gasteiger partial charge >= 0.3 is 0 Å². The van der Waals surface area contributed by atoms with Crippen molar-refractivity contribution in [2.24, 2.45) is 0 Å². The molecule has 0 radical (unpaired) electrons. The second-order valence-electron chi connectivity index (χ2n) is 11.2. The normalized spacial score (nSPS) is 22.5. The standard InChI is InChI=1S/C38H37NO7/c1-2-22-43-35-33(39-36(40)30-20-12-13-21-31(30)37(39)41)38(45-25-29-18-10-5-11-19-29)46-32(26-42-23-27-14-6-3-7-15-27)34(35)44-24-28-16-8-4-9-17-28/h2-21,32-35,38H,1,22-26H2/t32-,33+,34-,35-,38+/m1/s1. The molecular formula is C38H37NO7. The van der Waals surface area contributed by atoms with Gasteiger partial charge in [0.15, 0.2) is 6.29 Å². The van der Waals surface area contributed by atoms with Crippen molar-refractivity contribution in [1.29, 1.82) is 0 Å². The highest BCUT2D eigenvalue weighted by Crippen LogP contribution is 2.36. The Morgan fingerprint density at radius 1 is 0.630 bits per heavy atom. The van der Waals surface area contributed by atoms with E-state index in [4.69, 9.17) is 23.7 Å². The van der Waals surface area contributed by atoms with Gasteiger partial charge in [-0.3, -0.25) is 14.5 Å². The van der Waals surface area contributed by atoms with Gasteiger partial charge in [0, 0.05) is 0 Å². The molecule has 236 valence electrons. The molecule has 0 unspecified atom stereocenters. The molecule has 1 fully saturated rings. The molecule has 0 spiro atoms. The third-order valence-electron chi connectivity index (χ3n) is 8.08. The number of ether oxygens (including phenoxy) is 5. The quantitative estimate of drug-likeness (QED) is 0.127. The number of amides is 2. The van der Waals surface area contributed by atoms with Crippen molar-refractivity contribution in [2.75, 3.05) is 13.2 Å². The molecule has 2 aliphatic heterocycles. The van der Waals surface area contributed by atoms with Crippen LogP contribution in [0, 0.1) is 0 Å². The molecular weight excluding hydrogens is 582 g/mol. The van der Waals surface area contributed by atoms with Gasteiger partial charge in [-0.2, -0.15) is 0 Å². The minimum Gasteiger partial charge on any atom is -0.374 e. The summed E-state index contributed by atoms with van der Waals surface area (Å²) < 4.78 is 32.2. The Morgan fingerprint density at radius 3 is 1.67 bits per heavy atom. The van der Waals surface area contributed by atoms with E-state index in [-0.39, 0.29) is 26.4 Å². The van der Waals surface area contributed by atoms with E-state index >= 15 is 0 Å². The summed E-state index contributed by atoms with van der Waals surface area (Å²) in [6.45, 7) is 4.95. The lowest BCUT2D eigenvalue weighted by Crippen LogP contribution is -2.67. The number of hydrogen-bond donors (Lipinski definition) is 0. The van der Waals surface area contributed by atoms with Crippen molar-refractivity contribution in [2.45, 2.75) is 50.5 Å². The molecule has 0 N–H and O–H groups in total. The zero-order chi connectivity index (χ0) is 31.7. The van der Waals surface area contributed by atoms with Gasteiger partial charge in [0.25, 0.3) is 11.8 Å². The van der Waals surface area contributed by atoms with Gasteiger partial charge in [0.05, 0.1) is 44.2 Å². The molecule has 0 bridgehead atoms. The van der Waals surface area contributed by atoms with Crippen LogP contribution in [0.15, 0.2) is 128 Å². The van der Waals surface area contributed by atoms with Crippen LogP contribution in [-0.4, -0.2) is 60.6 Å². The fourth-order valence-corrected chi connectivity index (χ4v) is 5.87. The average molecular weight is 620 g/mol. The van der Waals surface area contributed by atoms with Crippen LogP contribution < -0.4 is 0 Å². The number of carbonyl (C=O) groups excluding carboxylic acids is 2. The van der Waals surface area contributed by atoms with Crippen LogP contribution in [0.25, 0.3) is 0 Å². The number of fused-ring (bicyclic) bond motifs is 1. The predicted octanol–water partition coefficient (Wildman–Crippen LogP) is 5.97. The Morgan fingerprint density at radius 2 is 1.13 bits per heavy atom. The van der Waals surface area contributed by atoms with E-state index in [0.717, 1.165) is 16.7 Å². The minimum atomic E-state index is -1.04. The molecule has 4 aromatic rings. The Balaban J connectivity index is 1.35. The van der Waals surface area contributed by atoms with Crippen molar-refractivity contribution < 1.29 is 33.3 Å². The minimum absolute atomic E-state index is 0.151. The number of nitrogens with zero attached hydrogens (tertiary/aromatic N) is 1. The van der Waals surface area contributed by atoms with Crippen LogP contribution in [0.2, 0.25) is 0 Å². The smallest absolute Gasteiger partial charge is 0.262 e. The lowest BCUT2D eigenvalue weighted by molar-refractivity contribution is -0.299. The molecule has 8 nitrogen and oxygen atoms in total. The molecule has 4 aromatic carbocycles. The van der Waals surface area contributed by atoms with E-state index in [1.54, 1.807) is 30.3 Å². The number of carbonyl (C=O) groups is 2. The van der Waals surface area contributed by atoms with Gasteiger partial charge in [0.2, 0.25) is 0 Å². The molecule has 8 heteroatoms. The third-order valence-corrected chi connectivity index (χ3v) is 8.08. The maximum atomic E-state index is 13.9. The lowest BCUT2D eigenvalue weighted by atomic mass is 9.94. The first-order valence-electron chi connectivity index (χ1n) is 15.4. The highest BCUT2D eigenvalue weighted by molar-refractivity contribution is 6.21. The summed E-state index contributed by atoms with van der Waals surface area (Å²) in [5, 5.41) is 0. The zero-order valence-corrected chi connectivity index (χ0v) is 25.5. The topological polar surface area (TPSA) is 83.5 Å². The van der Waals surface area contributed by atoms with E-state index in [2.05, 4.69) is 6.58 Å². The second kappa shape index (κ2) is 15.2. The molecule has 1 saturated heterocycles. The van der Waals surface area contributed by atoms with Crippen molar-refractivity contribution in [3.05, 3.63) is 156 Å². The van der Waals surface area contributed by atoms with Crippen LogP contribution in [-0.2, 0) is 43.5 Å². The summed E-state index contributed by atoms with van der Waals surface area (Å²) in [6, 6.07) is 35.1. The highest BCUT2D eigenvalue weighted by Gasteiger charge is 2.55. The lowest BCUT2D eigenvalue weighted by Gasteiger charge is -2.48. The summed E-state index contributed by atoms with van der Waals surface area (Å²) in [6.07, 6.45) is -1.64. The summed E-state index contributed by atoms with van der Waals surface area (Å²) in [7, 11) is 0. The van der Waals surface area contributed by atoms with E-state index in [9.17, 15) is 9.59 Å². The zero-order valence-electron chi connectivity index (χ0n) is 25.5. The maximum absolute atomic E-state index is 13.9. The number of imide groups is 1. The Labute approximate surface area is 269 Å². The second-order valence-corrected chi connectivity index (χ2v) is 11.2. The van der Waals surface area contributed by atoms with Crippen LogP contribution in [0.1, 0.15) is 37.4 Å². The molecule has 46 heavy (non-hydrogen) atoms. The first-order valence-corrected chi connectivity index (χ1v) is 15.4. The number of hydrogen-bond acceptors (Lipinski definition) is 7. The van der Waals surface area contributed by atoms with Gasteiger partial charge in [-0.15, -0.1) is 6.58 Å². The fraction of sp³-hybridized carbons (Fsp3) is 0.263. The summed E-state index contributed by atoms with van der Waals surface area (Å²) >= 11 is 0. The van der Waals surface area contributed by atoms with Crippen molar-refractivity contribution in [3.8, 4) is 0 Å². The first kappa shape index (κ1) is 31.5. The Kier molecular flexibility index (Phi) is 10.4. The number of benzene rings is 4. The van der Waals surface area contributed by atoms with Crippen LogP contribution >= 0.6 is 0 Å². The van der Waals surface area contributed by atoms with Crippen LogP contribution in [0.3, 0.4) is 0 Å². The molecule has 2 amide bonds. The van der Waals surface area contributed by atoms with Gasteiger partial charge in [-0.05, 0) is 28.8 Å². The Bertz CT molecular complexity index is 1560. The summed E-state index contributed by atoms with van der Waals surface area (Å²) in [5.74, 6) is -0.870. The summed E-state index contributed by atoms with van der Waals surface area (Å²) in [4.78, 5) is 29.0. The van der Waals surface area contributed by atoms with E-state index in [1.807, 2.05) is 91.0 Å². The molecule has 2 aliphatic rings. The van der Waals surface area contributed by atoms with E-state index < -0.39 is 42.5 Å². The van der Waals surface area contributed by atoms with Gasteiger partial charge in [-0.25, -0.2) is 0 Å². The SMILES string of the molecule is C=CCO[C@H]1[C@H](OCc2ccccc2)[C@@H](COCc2ccccc2)O[C@H](OCc2ccccc2)[C@H]1N1C(=O)c2ccccc2C1=O. The highest BCUT2D eigenvalue weighted by atomic mass is 16.7. The average Bonchev–Trinajstić information content (AvgIpc) is 3.35. The molecule has 6 rings (SSSR count). The molecule has 0 aliphatic carbocycles. The number of rotatable bonds is 14. The maximum Gasteiger partial charge on any atom is 0.262 e. The van der Waals surface area contributed by atoms with Crippen molar-refractivity contribution >= 4 is 11.8 Å². The van der Waals surface area contributed by atoms with Crippen LogP contribution in [0.5, 0.6) is 0 Å². The van der Waals surface area contributed by atoms with Gasteiger partial charge in [-0.1, -0.05) is 109 Å². The Hall–Kier alpha value is -4.44. The molecule has 0 aromatic heterocycles. The van der Waals surface area contributed by atoms with Gasteiger partial charge in [0.1, 0.15) is 24.4 Å². The predicted molar refractivity (Wildman–Crippen MR) is 172 cm³/mol. The third kappa shape index (κ3) is 7.17. The molecule has 5 atom stereocenters. The largest absolute Gasteiger partial charge is 0.374 e. The van der Waals surface area contributed by atoms with E-state index in [0.29, 0.717) is 17.7 Å². The molecule has 2 heterocycles. The first-order chi connectivity index (χ1) is 22.6. The van der Waals surface area contributed by atoms with E-state index in [1.165, 1.54) is 4.90 Å². The van der Waals surface area contributed by atoms with Crippen LogP contribution in [0.4, 0.5) is 0 Å². The van der Waals surface area contributed by atoms with Gasteiger partial charge < -0.3 is 23.7 Å². The molecule has 0 saturated carbocycles.